The second-order valence-corrected chi connectivity index (χ2v) is 5.18. The fourth-order valence-electron chi connectivity index (χ4n) is 1.35. The van der Waals surface area contributed by atoms with Gasteiger partial charge in [0, 0.05) is 10.5 Å². The first-order chi connectivity index (χ1) is 8.59. The number of nitro benzene ring substituents is 1. The van der Waals surface area contributed by atoms with Gasteiger partial charge in [-0.15, -0.1) is 11.3 Å². The first kappa shape index (κ1) is 13.0. The summed E-state index contributed by atoms with van der Waals surface area (Å²) in [5, 5.41) is 12.6. The van der Waals surface area contributed by atoms with E-state index in [4.69, 9.17) is 4.74 Å². The Kier molecular flexibility index (Phi) is 3.93. The molecule has 18 heavy (non-hydrogen) atoms. The summed E-state index contributed by atoms with van der Waals surface area (Å²) in [4.78, 5) is 10.9. The maximum atomic E-state index is 13.5. The van der Waals surface area contributed by atoms with Crippen LogP contribution in [-0.4, -0.2) is 4.92 Å². The van der Waals surface area contributed by atoms with E-state index in [9.17, 15) is 14.5 Å². The van der Waals surface area contributed by atoms with Crippen molar-refractivity contribution in [2.45, 2.75) is 6.61 Å². The summed E-state index contributed by atoms with van der Waals surface area (Å²) in [5.41, 5.74) is -0.373. The molecule has 7 heteroatoms. The number of benzene rings is 1. The molecule has 94 valence electrons. The van der Waals surface area contributed by atoms with E-state index >= 15 is 0 Å². The van der Waals surface area contributed by atoms with Gasteiger partial charge in [-0.2, -0.15) is 0 Å². The molecule has 0 saturated carbocycles. The van der Waals surface area contributed by atoms with Crippen LogP contribution < -0.4 is 4.74 Å². The second-order valence-electron chi connectivity index (χ2n) is 3.33. The van der Waals surface area contributed by atoms with Crippen molar-refractivity contribution >= 4 is 33.0 Å². The van der Waals surface area contributed by atoms with Crippen LogP contribution >= 0.6 is 27.3 Å². The minimum absolute atomic E-state index is 0.0834. The average molecular weight is 332 g/mol. The summed E-state index contributed by atoms with van der Waals surface area (Å²) >= 11 is 4.73. The molecule has 0 unspecified atom stereocenters. The van der Waals surface area contributed by atoms with Crippen molar-refractivity contribution in [3.8, 4) is 5.75 Å². The predicted octanol–water partition coefficient (Wildman–Crippen LogP) is 4.14. The van der Waals surface area contributed by atoms with Crippen LogP contribution in [0.5, 0.6) is 5.75 Å². The van der Waals surface area contributed by atoms with Crippen LogP contribution in [0.2, 0.25) is 0 Å². The maximum absolute atomic E-state index is 13.5. The lowest BCUT2D eigenvalue weighted by atomic mass is 10.3. The van der Waals surface area contributed by atoms with E-state index in [1.807, 2.05) is 11.4 Å². The quantitative estimate of drug-likeness (QED) is 0.625. The molecule has 0 aliphatic carbocycles. The number of thiophene rings is 1. The highest BCUT2D eigenvalue weighted by Gasteiger charge is 2.19. The molecule has 1 heterocycles. The first-order valence-electron chi connectivity index (χ1n) is 4.87. The van der Waals surface area contributed by atoms with Crippen LogP contribution in [0.25, 0.3) is 0 Å². The fraction of sp³-hybridized carbons (Fsp3) is 0.0909. The van der Waals surface area contributed by atoms with Gasteiger partial charge in [-0.05, 0) is 33.4 Å². The molecule has 2 rings (SSSR count). The zero-order chi connectivity index (χ0) is 13.1. The standard InChI is InChI=1S/C11H7BrFNO3S/c12-7-4-5-18-10(7)6-17-11-8(13)2-1-3-9(11)14(15)16/h1-5H,6H2. The molecule has 1 aromatic carbocycles. The van der Waals surface area contributed by atoms with Crippen molar-refractivity contribution in [1.82, 2.24) is 0 Å². The number of hydrogen-bond donors (Lipinski definition) is 0. The van der Waals surface area contributed by atoms with Gasteiger partial charge >= 0.3 is 5.69 Å². The molecule has 4 nitrogen and oxygen atoms in total. The third-order valence-corrected chi connectivity index (χ3v) is 4.08. The fourth-order valence-corrected chi connectivity index (χ4v) is 2.73. The first-order valence-corrected chi connectivity index (χ1v) is 6.54. The summed E-state index contributed by atoms with van der Waals surface area (Å²) in [7, 11) is 0. The van der Waals surface area contributed by atoms with E-state index in [0.29, 0.717) is 0 Å². The molecule has 0 fully saturated rings. The molecule has 1 aromatic heterocycles. The van der Waals surface area contributed by atoms with Crippen molar-refractivity contribution in [1.29, 1.82) is 0 Å². The van der Waals surface area contributed by atoms with E-state index in [0.717, 1.165) is 15.4 Å². The molecule has 0 radical (unpaired) electrons. The van der Waals surface area contributed by atoms with Crippen molar-refractivity contribution in [2.75, 3.05) is 0 Å². The normalized spacial score (nSPS) is 10.3. The van der Waals surface area contributed by atoms with Gasteiger partial charge in [0.05, 0.1) is 9.80 Å². The van der Waals surface area contributed by atoms with Gasteiger partial charge in [-0.3, -0.25) is 10.1 Å². The largest absolute Gasteiger partial charge is 0.479 e. The van der Waals surface area contributed by atoms with Gasteiger partial charge in [0.15, 0.2) is 5.82 Å². The van der Waals surface area contributed by atoms with E-state index in [1.54, 1.807) is 0 Å². The topological polar surface area (TPSA) is 52.4 Å². The van der Waals surface area contributed by atoms with Gasteiger partial charge in [0.2, 0.25) is 5.75 Å². The molecule has 0 aliphatic heterocycles. The average Bonchev–Trinajstić information content (AvgIpc) is 2.73. The Morgan fingerprint density at radius 3 is 2.83 bits per heavy atom. The summed E-state index contributed by atoms with van der Waals surface area (Å²) < 4.78 is 19.6. The highest BCUT2D eigenvalue weighted by atomic mass is 79.9. The van der Waals surface area contributed by atoms with Gasteiger partial charge in [0.1, 0.15) is 6.61 Å². The highest BCUT2D eigenvalue weighted by Crippen LogP contribution is 2.31. The van der Waals surface area contributed by atoms with Crippen LogP contribution in [0.4, 0.5) is 10.1 Å². The van der Waals surface area contributed by atoms with Crippen molar-refractivity contribution in [2.24, 2.45) is 0 Å². The zero-order valence-electron chi connectivity index (χ0n) is 8.93. The van der Waals surface area contributed by atoms with Gasteiger partial charge in [0.25, 0.3) is 0 Å². The number of hydrogen-bond acceptors (Lipinski definition) is 4. The van der Waals surface area contributed by atoms with Gasteiger partial charge in [-0.25, -0.2) is 4.39 Å². The molecule has 0 N–H and O–H groups in total. The van der Waals surface area contributed by atoms with Crippen molar-refractivity contribution in [3.63, 3.8) is 0 Å². The number of halogens is 2. The molecular weight excluding hydrogens is 325 g/mol. The Morgan fingerprint density at radius 1 is 1.44 bits per heavy atom. The maximum Gasteiger partial charge on any atom is 0.314 e. The minimum atomic E-state index is -0.739. The molecule has 0 bridgehead atoms. The van der Waals surface area contributed by atoms with E-state index in [-0.39, 0.29) is 18.0 Å². The third-order valence-electron chi connectivity index (χ3n) is 2.18. The van der Waals surface area contributed by atoms with Crippen LogP contribution in [0.1, 0.15) is 4.88 Å². The monoisotopic (exact) mass is 331 g/mol. The summed E-state index contributed by atoms with van der Waals surface area (Å²) in [5.74, 6) is -1.07. The van der Waals surface area contributed by atoms with Gasteiger partial charge in [-0.1, -0.05) is 6.07 Å². The number of rotatable bonds is 4. The highest BCUT2D eigenvalue weighted by molar-refractivity contribution is 9.10. The van der Waals surface area contributed by atoms with E-state index < -0.39 is 10.7 Å². The summed E-state index contributed by atoms with van der Waals surface area (Å²) in [6.45, 7) is 0.0834. The number of nitro groups is 1. The van der Waals surface area contributed by atoms with E-state index in [2.05, 4.69) is 15.9 Å². The number of ether oxygens (including phenoxy) is 1. The molecule has 0 spiro atoms. The molecule has 0 aliphatic rings. The van der Waals surface area contributed by atoms with E-state index in [1.165, 1.54) is 23.5 Å². The molecule has 0 saturated heterocycles. The Balaban J connectivity index is 2.24. The minimum Gasteiger partial charge on any atom is -0.479 e. The number of nitrogens with zero attached hydrogens (tertiary/aromatic N) is 1. The lowest BCUT2D eigenvalue weighted by Crippen LogP contribution is -2.00. The van der Waals surface area contributed by atoms with Crippen LogP contribution in [0.3, 0.4) is 0 Å². The van der Waals surface area contributed by atoms with Crippen molar-refractivity contribution < 1.29 is 14.1 Å². The Hall–Kier alpha value is -1.47. The molecule has 2 aromatic rings. The van der Waals surface area contributed by atoms with Crippen LogP contribution in [0.15, 0.2) is 34.1 Å². The third kappa shape index (κ3) is 2.68. The zero-order valence-corrected chi connectivity index (χ0v) is 11.3. The summed E-state index contributed by atoms with van der Waals surface area (Å²) in [6.07, 6.45) is 0. The Labute approximate surface area is 114 Å². The van der Waals surface area contributed by atoms with Crippen LogP contribution in [-0.2, 0) is 6.61 Å². The molecular formula is C11H7BrFNO3S. The predicted molar refractivity (Wildman–Crippen MR) is 69.4 cm³/mol. The second kappa shape index (κ2) is 5.45. The van der Waals surface area contributed by atoms with Crippen LogP contribution in [0, 0.1) is 15.9 Å². The Bertz CT molecular complexity index is 587. The smallest absolute Gasteiger partial charge is 0.314 e. The lowest BCUT2D eigenvalue weighted by Gasteiger charge is -2.06. The lowest BCUT2D eigenvalue weighted by molar-refractivity contribution is -0.386. The molecule has 0 atom stereocenters. The van der Waals surface area contributed by atoms with Crippen molar-refractivity contribution in [3.05, 3.63) is 54.9 Å². The summed E-state index contributed by atoms with van der Waals surface area (Å²) in [6, 6.07) is 5.45. The molecule has 0 amide bonds. The van der Waals surface area contributed by atoms with Gasteiger partial charge < -0.3 is 4.74 Å². The number of para-hydroxylation sites is 1. The SMILES string of the molecule is O=[N+]([O-])c1cccc(F)c1OCc1sccc1Br. The Morgan fingerprint density at radius 2 is 2.22 bits per heavy atom.